The van der Waals surface area contributed by atoms with E-state index < -0.39 is 12.3 Å². The lowest BCUT2D eigenvalue weighted by atomic mass is 10.0. The van der Waals surface area contributed by atoms with Crippen LogP contribution in [0.15, 0.2) is 67.8 Å². The molecule has 0 saturated carbocycles. The first-order valence-electron chi connectivity index (χ1n) is 9.02. The number of methoxy groups -OCH3 is 1. The van der Waals surface area contributed by atoms with Gasteiger partial charge in [0.15, 0.2) is 5.75 Å². The maximum absolute atomic E-state index is 12.2. The van der Waals surface area contributed by atoms with Crippen molar-refractivity contribution in [3.63, 3.8) is 0 Å². The van der Waals surface area contributed by atoms with Crippen LogP contribution >= 0.6 is 0 Å². The van der Waals surface area contributed by atoms with E-state index in [-0.39, 0.29) is 24.7 Å². The van der Waals surface area contributed by atoms with Gasteiger partial charge < -0.3 is 23.7 Å². The molecule has 0 amide bonds. The van der Waals surface area contributed by atoms with Crippen molar-refractivity contribution in [1.29, 1.82) is 0 Å². The average molecular weight is 408 g/mol. The quantitative estimate of drug-likeness (QED) is 0.224. The zero-order chi connectivity index (χ0) is 21.5. The number of hydrogen-bond acceptors (Lipinski definition) is 7. The van der Waals surface area contributed by atoms with Crippen LogP contribution in [0.25, 0.3) is 21.5 Å². The summed E-state index contributed by atoms with van der Waals surface area (Å²) in [5.74, 6) is 1.05. The van der Waals surface area contributed by atoms with Gasteiger partial charge in [0.2, 0.25) is 0 Å². The Balaban J connectivity index is 2.22. The monoisotopic (exact) mass is 408 g/mol. The SMILES string of the molecule is C=CCOC(=O)Oc1c2ccccc2c(OC(=O)OCC=C)c2cc(OC)ccc12. The second kappa shape index (κ2) is 9.47. The molecule has 0 N–H and O–H groups in total. The van der Waals surface area contributed by atoms with Gasteiger partial charge in [0.05, 0.1) is 7.11 Å². The molecule has 0 atom stereocenters. The lowest BCUT2D eigenvalue weighted by molar-refractivity contribution is 0.109. The van der Waals surface area contributed by atoms with Crippen LogP contribution in [0.4, 0.5) is 9.59 Å². The normalized spacial score (nSPS) is 10.3. The first kappa shape index (κ1) is 20.7. The standard InChI is InChI=1S/C23H20O7/c1-4-12-27-22(24)29-20-16-8-6-7-9-17(16)21(30-23(25)28-13-5-2)19-14-15(26-3)10-11-18(19)20/h4-11,14H,1-2,12-13H2,3H3. The van der Waals surface area contributed by atoms with Crippen molar-refractivity contribution in [2.45, 2.75) is 0 Å². The van der Waals surface area contributed by atoms with Gasteiger partial charge in [-0.3, -0.25) is 0 Å². The van der Waals surface area contributed by atoms with Gasteiger partial charge in [0.1, 0.15) is 24.7 Å². The molecule has 0 fully saturated rings. The molecule has 0 aliphatic rings. The molecular formula is C23H20O7. The van der Waals surface area contributed by atoms with Gasteiger partial charge in [-0.2, -0.15) is 0 Å². The Bertz CT molecular complexity index is 1120. The molecule has 3 aromatic rings. The lowest BCUT2D eigenvalue weighted by Gasteiger charge is -2.16. The molecule has 0 unspecified atom stereocenters. The molecule has 0 aromatic heterocycles. The Morgan fingerprint density at radius 3 is 1.80 bits per heavy atom. The number of benzene rings is 3. The van der Waals surface area contributed by atoms with Crippen LogP contribution in [-0.2, 0) is 9.47 Å². The fraction of sp³-hybridized carbons (Fsp3) is 0.130. The van der Waals surface area contributed by atoms with Crippen molar-refractivity contribution in [2.24, 2.45) is 0 Å². The summed E-state index contributed by atoms with van der Waals surface area (Å²) in [6.45, 7) is 7.03. The van der Waals surface area contributed by atoms with Crippen LogP contribution in [0.5, 0.6) is 17.2 Å². The highest BCUT2D eigenvalue weighted by Crippen LogP contribution is 2.44. The molecule has 3 aromatic carbocycles. The summed E-state index contributed by atoms with van der Waals surface area (Å²) < 4.78 is 26.3. The average Bonchev–Trinajstić information content (AvgIpc) is 2.77. The number of carbonyl (C=O) groups excluding carboxylic acids is 2. The predicted octanol–water partition coefficient (Wildman–Crippen LogP) is 5.40. The molecule has 3 rings (SSSR count). The molecule has 0 heterocycles. The van der Waals surface area contributed by atoms with Gasteiger partial charge in [-0.05, 0) is 18.2 Å². The third-order valence-electron chi connectivity index (χ3n) is 4.14. The van der Waals surface area contributed by atoms with Crippen LogP contribution in [0.3, 0.4) is 0 Å². The number of ether oxygens (including phenoxy) is 5. The lowest BCUT2D eigenvalue weighted by Crippen LogP contribution is -2.13. The first-order valence-corrected chi connectivity index (χ1v) is 9.02. The molecule has 30 heavy (non-hydrogen) atoms. The fourth-order valence-corrected chi connectivity index (χ4v) is 2.90. The Labute approximate surface area is 173 Å². The molecule has 0 spiro atoms. The minimum absolute atomic E-state index is 0.00829. The van der Waals surface area contributed by atoms with Crippen molar-refractivity contribution in [1.82, 2.24) is 0 Å². The third-order valence-corrected chi connectivity index (χ3v) is 4.14. The summed E-state index contributed by atoms with van der Waals surface area (Å²) in [5, 5.41) is 2.12. The summed E-state index contributed by atoms with van der Waals surface area (Å²) >= 11 is 0. The van der Waals surface area contributed by atoms with E-state index in [1.165, 1.54) is 19.3 Å². The van der Waals surface area contributed by atoms with Crippen LogP contribution in [0.1, 0.15) is 0 Å². The van der Waals surface area contributed by atoms with E-state index in [0.717, 1.165) is 0 Å². The van der Waals surface area contributed by atoms with E-state index in [4.69, 9.17) is 23.7 Å². The molecule has 0 aliphatic heterocycles. The van der Waals surface area contributed by atoms with Gasteiger partial charge in [-0.15, -0.1) is 0 Å². The summed E-state index contributed by atoms with van der Waals surface area (Å²) in [5.41, 5.74) is 0. The van der Waals surface area contributed by atoms with Gasteiger partial charge >= 0.3 is 12.3 Å². The van der Waals surface area contributed by atoms with Crippen LogP contribution in [-0.4, -0.2) is 32.6 Å². The maximum Gasteiger partial charge on any atom is 0.514 e. The summed E-state index contributed by atoms with van der Waals surface area (Å²) in [6.07, 6.45) is 1.11. The van der Waals surface area contributed by atoms with E-state index in [1.807, 2.05) is 0 Å². The zero-order valence-electron chi connectivity index (χ0n) is 16.4. The number of carbonyl (C=O) groups is 2. The Kier molecular flexibility index (Phi) is 6.54. The van der Waals surface area contributed by atoms with E-state index in [9.17, 15) is 9.59 Å². The molecular weight excluding hydrogens is 388 g/mol. The smallest absolute Gasteiger partial charge is 0.497 e. The van der Waals surface area contributed by atoms with E-state index in [0.29, 0.717) is 27.3 Å². The first-order chi connectivity index (χ1) is 14.6. The van der Waals surface area contributed by atoms with Crippen molar-refractivity contribution >= 4 is 33.9 Å². The number of rotatable bonds is 7. The number of hydrogen-bond donors (Lipinski definition) is 0. The van der Waals surface area contributed by atoms with Crippen LogP contribution in [0.2, 0.25) is 0 Å². The minimum Gasteiger partial charge on any atom is -0.497 e. The molecule has 0 aliphatic carbocycles. The minimum atomic E-state index is -0.886. The maximum atomic E-state index is 12.2. The van der Waals surface area contributed by atoms with E-state index in [1.54, 1.807) is 42.5 Å². The van der Waals surface area contributed by atoms with Gasteiger partial charge in [0, 0.05) is 21.5 Å². The van der Waals surface area contributed by atoms with Gasteiger partial charge in [-0.25, -0.2) is 9.59 Å². The van der Waals surface area contributed by atoms with Gasteiger partial charge in [-0.1, -0.05) is 49.6 Å². The molecule has 0 radical (unpaired) electrons. The van der Waals surface area contributed by atoms with Crippen molar-refractivity contribution in [3.05, 3.63) is 67.8 Å². The molecule has 0 bridgehead atoms. The van der Waals surface area contributed by atoms with Crippen LogP contribution in [0, 0.1) is 0 Å². The largest absolute Gasteiger partial charge is 0.514 e. The summed E-state index contributed by atoms with van der Waals surface area (Å²) in [6, 6.07) is 12.1. The summed E-state index contributed by atoms with van der Waals surface area (Å²) in [7, 11) is 1.52. The van der Waals surface area contributed by atoms with E-state index >= 15 is 0 Å². The molecule has 0 saturated heterocycles. The Morgan fingerprint density at radius 2 is 1.30 bits per heavy atom. The summed E-state index contributed by atoms with van der Waals surface area (Å²) in [4.78, 5) is 24.3. The van der Waals surface area contributed by atoms with E-state index in [2.05, 4.69) is 13.2 Å². The highest BCUT2D eigenvalue weighted by atomic mass is 16.7. The van der Waals surface area contributed by atoms with Crippen molar-refractivity contribution < 1.29 is 33.3 Å². The molecule has 7 nitrogen and oxygen atoms in total. The number of fused-ring (bicyclic) bond motifs is 2. The fourth-order valence-electron chi connectivity index (χ4n) is 2.90. The van der Waals surface area contributed by atoms with Gasteiger partial charge in [0.25, 0.3) is 0 Å². The highest BCUT2D eigenvalue weighted by molar-refractivity contribution is 6.12. The molecule has 7 heteroatoms. The third kappa shape index (κ3) is 4.35. The second-order valence-corrected chi connectivity index (χ2v) is 6.02. The van der Waals surface area contributed by atoms with Crippen molar-refractivity contribution in [2.75, 3.05) is 20.3 Å². The highest BCUT2D eigenvalue weighted by Gasteiger charge is 2.21. The van der Waals surface area contributed by atoms with Crippen molar-refractivity contribution in [3.8, 4) is 17.2 Å². The topological polar surface area (TPSA) is 80.3 Å². The Hall–Kier alpha value is -4.00. The zero-order valence-corrected chi connectivity index (χ0v) is 16.4. The molecule has 154 valence electrons. The predicted molar refractivity (Wildman–Crippen MR) is 112 cm³/mol. The Morgan fingerprint density at radius 1 is 0.800 bits per heavy atom. The second-order valence-electron chi connectivity index (χ2n) is 6.02. The van der Waals surface area contributed by atoms with Crippen LogP contribution < -0.4 is 14.2 Å².